The van der Waals surface area contributed by atoms with Gasteiger partial charge in [0.2, 0.25) is 0 Å². The monoisotopic (exact) mass is 287 g/mol. The van der Waals surface area contributed by atoms with E-state index in [4.69, 9.17) is 17.3 Å². The molecule has 1 aliphatic rings. The van der Waals surface area contributed by atoms with Crippen molar-refractivity contribution in [1.29, 1.82) is 0 Å². The smallest absolute Gasteiger partial charge is 0.256 e. The van der Waals surface area contributed by atoms with E-state index < -0.39 is 6.04 Å². The molecule has 1 unspecified atom stereocenters. The Morgan fingerprint density at radius 1 is 1.53 bits per heavy atom. The van der Waals surface area contributed by atoms with E-state index in [0.717, 1.165) is 10.0 Å². The lowest BCUT2D eigenvalue weighted by atomic mass is 10.1. The summed E-state index contributed by atoms with van der Waals surface area (Å²) in [5, 5.41) is 3.04. The Balaban J connectivity index is 2.42. The van der Waals surface area contributed by atoms with Crippen LogP contribution in [0.4, 0.5) is 0 Å². The van der Waals surface area contributed by atoms with Crippen molar-refractivity contribution in [3.8, 4) is 0 Å². The molecule has 0 fully saturated rings. The van der Waals surface area contributed by atoms with E-state index in [1.807, 2.05) is 0 Å². The van der Waals surface area contributed by atoms with Gasteiger partial charge in [0.25, 0.3) is 5.91 Å². The summed E-state index contributed by atoms with van der Waals surface area (Å²) in [5.74, 6) is -0.0811. The summed E-state index contributed by atoms with van der Waals surface area (Å²) >= 11 is 9.13. The molecule has 1 aromatic rings. The third-order valence-corrected chi connectivity index (χ3v) is 2.95. The number of halogens is 2. The second-order valence-corrected chi connectivity index (χ2v) is 4.36. The minimum Gasteiger partial charge on any atom is -0.370 e. The molecule has 3 N–H and O–H groups in total. The van der Waals surface area contributed by atoms with E-state index in [1.54, 1.807) is 18.2 Å². The fraction of sp³-hybridized carbons (Fsp3) is 0.111. The van der Waals surface area contributed by atoms with Gasteiger partial charge in [-0.1, -0.05) is 33.6 Å². The molecule has 6 heteroatoms. The predicted molar refractivity (Wildman–Crippen MR) is 61.7 cm³/mol. The molecule has 2 rings (SSSR count). The zero-order valence-corrected chi connectivity index (χ0v) is 9.84. The molecule has 0 spiro atoms. The fourth-order valence-corrected chi connectivity index (χ4v) is 2.26. The zero-order chi connectivity index (χ0) is 11.0. The molecule has 1 aromatic carbocycles. The lowest BCUT2D eigenvalue weighted by Gasteiger charge is -2.07. The molecule has 1 heterocycles. The highest BCUT2D eigenvalue weighted by atomic mass is 79.9. The van der Waals surface area contributed by atoms with Crippen molar-refractivity contribution in [2.75, 3.05) is 0 Å². The van der Waals surface area contributed by atoms with E-state index in [-0.39, 0.29) is 11.9 Å². The van der Waals surface area contributed by atoms with E-state index in [2.05, 4.69) is 26.2 Å². The van der Waals surface area contributed by atoms with Crippen molar-refractivity contribution in [3.05, 3.63) is 33.3 Å². The van der Waals surface area contributed by atoms with Crippen molar-refractivity contribution < 1.29 is 4.79 Å². The maximum Gasteiger partial charge on any atom is 0.256 e. The molecular formula is C9H7BrClN3O. The summed E-state index contributed by atoms with van der Waals surface area (Å²) in [6.07, 6.45) is 0. The average molecular weight is 289 g/mol. The minimum atomic E-state index is -0.586. The van der Waals surface area contributed by atoms with Crippen LogP contribution in [0.15, 0.2) is 27.7 Å². The number of aliphatic imine (C=N–C) groups is 1. The highest BCUT2D eigenvalue weighted by Crippen LogP contribution is 2.30. The fourth-order valence-electron chi connectivity index (χ4n) is 1.36. The third kappa shape index (κ3) is 1.98. The molecule has 4 nitrogen and oxygen atoms in total. The van der Waals surface area contributed by atoms with Gasteiger partial charge in [0.05, 0.1) is 0 Å². The van der Waals surface area contributed by atoms with Gasteiger partial charge in [0, 0.05) is 15.1 Å². The first-order valence-corrected chi connectivity index (χ1v) is 5.34. The Labute approximate surface area is 99.6 Å². The Bertz CT molecular complexity index is 461. The van der Waals surface area contributed by atoms with Gasteiger partial charge in [-0.3, -0.25) is 10.1 Å². The molecule has 1 atom stereocenters. The van der Waals surface area contributed by atoms with Gasteiger partial charge < -0.3 is 5.73 Å². The van der Waals surface area contributed by atoms with Gasteiger partial charge >= 0.3 is 0 Å². The first-order valence-electron chi connectivity index (χ1n) is 4.17. The third-order valence-electron chi connectivity index (χ3n) is 2.02. The van der Waals surface area contributed by atoms with Gasteiger partial charge in [-0.15, -0.1) is 0 Å². The average Bonchev–Trinajstić information content (AvgIpc) is 2.45. The maximum absolute atomic E-state index is 11.5. The first kappa shape index (κ1) is 10.4. The Hall–Kier alpha value is -1.07. The van der Waals surface area contributed by atoms with Crippen LogP contribution in [0.5, 0.6) is 0 Å². The van der Waals surface area contributed by atoms with E-state index in [0.29, 0.717) is 5.02 Å². The molecule has 0 radical (unpaired) electrons. The number of amides is 1. The molecule has 0 saturated carbocycles. The topological polar surface area (TPSA) is 67.5 Å². The Kier molecular flexibility index (Phi) is 2.67. The minimum absolute atomic E-state index is 0.145. The van der Waals surface area contributed by atoms with Crippen LogP contribution in [0.3, 0.4) is 0 Å². The second kappa shape index (κ2) is 3.83. The number of rotatable bonds is 1. The van der Waals surface area contributed by atoms with Crippen molar-refractivity contribution in [2.24, 2.45) is 10.7 Å². The molecule has 0 aliphatic carbocycles. The van der Waals surface area contributed by atoms with Crippen molar-refractivity contribution in [3.63, 3.8) is 0 Å². The summed E-state index contributed by atoms with van der Waals surface area (Å²) in [5.41, 5.74) is 6.16. The zero-order valence-electron chi connectivity index (χ0n) is 7.50. The number of nitrogens with zero attached hydrogens (tertiary/aromatic N) is 1. The van der Waals surface area contributed by atoms with Crippen molar-refractivity contribution >= 4 is 39.4 Å². The Morgan fingerprint density at radius 3 is 2.80 bits per heavy atom. The number of carbonyl (C=O) groups is 1. The van der Waals surface area contributed by atoms with Gasteiger partial charge in [-0.25, -0.2) is 4.99 Å². The van der Waals surface area contributed by atoms with Crippen molar-refractivity contribution in [1.82, 2.24) is 5.32 Å². The van der Waals surface area contributed by atoms with Crippen molar-refractivity contribution in [2.45, 2.75) is 6.04 Å². The lowest BCUT2D eigenvalue weighted by molar-refractivity contribution is -0.120. The maximum atomic E-state index is 11.5. The number of hydrogen-bond acceptors (Lipinski definition) is 3. The van der Waals surface area contributed by atoms with Crippen LogP contribution in [0.1, 0.15) is 11.6 Å². The predicted octanol–water partition coefficient (Wildman–Crippen LogP) is 1.59. The number of hydrogen-bond donors (Lipinski definition) is 2. The summed E-state index contributed by atoms with van der Waals surface area (Å²) < 4.78 is 0.744. The van der Waals surface area contributed by atoms with Gasteiger partial charge in [-0.05, 0) is 12.1 Å². The molecule has 0 aromatic heterocycles. The standard InChI is InChI=1S/C9H7BrClN3O/c10-6-3-4(11)1-2-5(6)7-8(15)14-9(12)13-7/h1-3,7H,(H3,12,13,14,15). The summed E-state index contributed by atoms with van der Waals surface area (Å²) in [6.45, 7) is 0. The van der Waals surface area contributed by atoms with Crippen LogP contribution in [0, 0.1) is 0 Å². The normalized spacial score (nSPS) is 20.0. The molecule has 1 aliphatic heterocycles. The lowest BCUT2D eigenvalue weighted by Crippen LogP contribution is -2.31. The number of benzene rings is 1. The summed E-state index contributed by atoms with van der Waals surface area (Å²) in [6, 6.07) is 4.59. The van der Waals surface area contributed by atoms with Crippen LogP contribution >= 0.6 is 27.5 Å². The largest absolute Gasteiger partial charge is 0.370 e. The van der Waals surface area contributed by atoms with Crippen LogP contribution in [0.25, 0.3) is 0 Å². The van der Waals surface area contributed by atoms with E-state index in [9.17, 15) is 4.79 Å². The second-order valence-electron chi connectivity index (χ2n) is 3.07. The molecule has 1 amide bonds. The van der Waals surface area contributed by atoms with Gasteiger partial charge in [-0.2, -0.15) is 0 Å². The molecule has 15 heavy (non-hydrogen) atoms. The highest BCUT2D eigenvalue weighted by Gasteiger charge is 2.27. The summed E-state index contributed by atoms with van der Waals surface area (Å²) in [7, 11) is 0. The van der Waals surface area contributed by atoms with Gasteiger partial charge in [0.1, 0.15) is 0 Å². The van der Waals surface area contributed by atoms with Crippen LogP contribution in [-0.2, 0) is 4.79 Å². The first-order chi connectivity index (χ1) is 7.08. The van der Waals surface area contributed by atoms with Crippen LogP contribution in [-0.4, -0.2) is 11.9 Å². The quantitative estimate of drug-likeness (QED) is 0.824. The number of nitrogens with two attached hydrogens (primary N) is 1. The highest BCUT2D eigenvalue weighted by molar-refractivity contribution is 9.10. The van der Waals surface area contributed by atoms with E-state index >= 15 is 0 Å². The molecule has 0 saturated heterocycles. The van der Waals surface area contributed by atoms with Crippen LogP contribution < -0.4 is 11.1 Å². The van der Waals surface area contributed by atoms with Gasteiger partial charge in [0.15, 0.2) is 12.0 Å². The SMILES string of the molecule is NC1=NC(c2ccc(Cl)cc2Br)C(=O)N1. The molecule has 78 valence electrons. The summed E-state index contributed by atoms with van der Waals surface area (Å²) in [4.78, 5) is 15.5. The number of nitrogens with one attached hydrogen (secondary N) is 1. The molecule has 0 bridgehead atoms. The molecular weight excluding hydrogens is 281 g/mol. The Morgan fingerprint density at radius 2 is 2.27 bits per heavy atom. The van der Waals surface area contributed by atoms with E-state index in [1.165, 1.54) is 0 Å². The number of guanidine groups is 1. The number of carbonyl (C=O) groups excluding carboxylic acids is 1. The van der Waals surface area contributed by atoms with Crippen LogP contribution in [0.2, 0.25) is 5.02 Å².